The van der Waals surface area contributed by atoms with Crippen molar-refractivity contribution in [3.8, 4) is 17.2 Å². The number of benzene rings is 4. The Balaban J connectivity index is 2.14. The Bertz CT molecular complexity index is 1170. The van der Waals surface area contributed by atoms with Gasteiger partial charge in [-0.15, -0.1) is 0 Å². The van der Waals surface area contributed by atoms with Gasteiger partial charge in [-0.2, -0.15) is 0 Å². The van der Waals surface area contributed by atoms with E-state index in [2.05, 4.69) is 0 Å². The van der Waals surface area contributed by atoms with E-state index >= 15 is 0 Å². The molecule has 4 aromatic carbocycles. The maximum Gasteiger partial charge on any atom is 0.148 e. The van der Waals surface area contributed by atoms with Crippen LogP contribution in [0.3, 0.4) is 0 Å². The van der Waals surface area contributed by atoms with E-state index in [1.165, 1.54) is 0 Å². The van der Waals surface area contributed by atoms with Crippen molar-refractivity contribution in [1.82, 2.24) is 0 Å². The van der Waals surface area contributed by atoms with Crippen LogP contribution in [0.2, 0.25) is 0 Å². The van der Waals surface area contributed by atoms with Crippen LogP contribution >= 0.6 is 0 Å². The molecular formula is C26H24O4. The van der Waals surface area contributed by atoms with Crippen LogP contribution < -0.4 is 14.2 Å². The molecule has 0 spiro atoms. The van der Waals surface area contributed by atoms with E-state index in [0.29, 0.717) is 33.9 Å². The summed E-state index contributed by atoms with van der Waals surface area (Å²) in [7, 11) is 4.81. The minimum absolute atomic E-state index is 0.524. The maximum atomic E-state index is 12.5. The van der Waals surface area contributed by atoms with Crippen LogP contribution in [-0.4, -0.2) is 26.4 Å². The second-order valence-corrected chi connectivity index (χ2v) is 7.01. The summed E-state index contributed by atoms with van der Waals surface area (Å²) in [5.74, 6) is 1.77. The Hall–Kier alpha value is -3.50. The smallest absolute Gasteiger partial charge is 0.148 e. The Morgan fingerprint density at radius 1 is 0.667 bits per heavy atom. The van der Waals surface area contributed by atoms with Crippen molar-refractivity contribution in [1.29, 1.82) is 0 Å². The van der Waals surface area contributed by atoms with Crippen LogP contribution in [0.25, 0.3) is 10.8 Å². The number of hydrogen-bond donors (Lipinski definition) is 1. The second-order valence-electron chi connectivity index (χ2n) is 7.01. The molecule has 1 N–H and O–H groups in total. The van der Waals surface area contributed by atoms with Gasteiger partial charge >= 0.3 is 0 Å². The van der Waals surface area contributed by atoms with Gasteiger partial charge in [0.25, 0.3) is 0 Å². The van der Waals surface area contributed by atoms with Crippen molar-refractivity contribution >= 4 is 10.8 Å². The third-order valence-corrected chi connectivity index (χ3v) is 5.46. The van der Waals surface area contributed by atoms with Crippen LogP contribution in [0.1, 0.15) is 16.7 Å². The van der Waals surface area contributed by atoms with Crippen molar-refractivity contribution in [2.45, 2.75) is 5.60 Å². The fourth-order valence-electron chi connectivity index (χ4n) is 4.01. The van der Waals surface area contributed by atoms with Crippen LogP contribution in [0.5, 0.6) is 17.2 Å². The summed E-state index contributed by atoms with van der Waals surface area (Å²) in [4.78, 5) is 0. The molecule has 0 heterocycles. The first-order valence-electron chi connectivity index (χ1n) is 9.70. The highest BCUT2D eigenvalue weighted by Gasteiger charge is 2.40. The van der Waals surface area contributed by atoms with E-state index in [4.69, 9.17) is 14.2 Å². The minimum atomic E-state index is -1.52. The summed E-state index contributed by atoms with van der Waals surface area (Å²) in [6.07, 6.45) is 0. The topological polar surface area (TPSA) is 47.9 Å². The molecule has 4 heteroatoms. The summed E-state index contributed by atoms with van der Waals surface area (Å²) in [6.45, 7) is 0. The van der Waals surface area contributed by atoms with Gasteiger partial charge in [-0.05, 0) is 34.5 Å². The number of rotatable bonds is 6. The number of fused-ring (bicyclic) bond motifs is 1. The van der Waals surface area contributed by atoms with Gasteiger partial charge in [-0.3, -0.25) is 0 Å². The lowest BCUT2D eigenvalue weighted by molar-refractivity contribution is 0.120. The molecule has 0 aromatic heterocycles. The zero-order valence-corrected chi connectivity index (χ0v) is 17.3. The molecule has 4 nitrogen and oxygen atoms in total. The first-order chi connectivity index (χ1) is 14.6. The van der Waals surface area contributed by atoms with Gasteiger partial charge in [0.05, 0.1) is 21.3 Å². The molecule has 4 rings (SSSR count). The summed E-state index contributed by atoms with van der Waals surface area (Å²) in [6, 6.07) is 26.8. The number of hydrogen-bond acceptors (Lipinski definition) is 4. The van der Waals surface area contributed by atoms with Crippen molar-refractivity contribution in [3.05, 3.63) is 102 Å². The van der Waals surface area contributed by atoms with Crippen LogP contribution in [0.4, 0.5) is 0 Å². The van der Waals surface area contributed by atoms with Crippen LogP contribution in [0, 0.1) is 0 Å². The molecule has 30 heavy (non-hydrogen) atoms. The molecule has 0 amide bonds. The lowest BCUT2D eigenvalue weighted by atomic mass is 9.77. The summed E-state index contributed by atoms with van der Waals surface area (Å²) < 4.78 is 16.8. The van der Waals surface area contributed by atoms with Crippen molar-refractivity contribution < 1.29 is 19.3 Å². The van der Waals surface area contributed by atoms with E-state index in [1.54, 1.807) is 27.4 Å². The van der Waals surface area contributed by atoms with E-state index in [9.17, 15) is 5.11 Å². The van der Waals surface area contributed by atoms with Gasteiger partial charge in [0.2, 0.25) is 0 Å². The summed E-state index contributed by atoms with van der Waals surface area (Å²) >= 11 is 0. The molecule has 0 fully saturated rings. The number of methoxy groups -OCH3 is 3. The molecule has 0 radical (unpaired) electrons. The largest absolute Gasteiger partial charge is 0.497 e. The van der Waals surface area contributed by atoms with E-state index in [0.717, 1.165) is 10.8 Å². The van der Waals surface area contributed by atoms with Crippen molar-refractivity contribution in [3.63, 3.8) is 0 Å². The van der Waals surface area contributed by atoms with Crippen molar-refractivity contribution in [2.24, 2.45) is 0 Å². The SMILES string of the molecule is COc1ccc([C@@](O)(c2ccccc2)c2c(OC)ccc3ccccc23)c(OC)c1. The van der Waals surface area contributed by atoms with Gasteiger partial charge in [0.15, 0.2) is 0 Å². The van der Waals surface area contributed by atoms with Crippen LogP contribution in [0.15, 0.2) is 84.9 Å². The molecule has 0 bridgehead atoms. The molecule has 0 saturated carbocycles. The quantitative estimate of drug-likeness (QED) is 0.455. The summed E-state index contributed by atoms with van der Waals surface area (Å²) in [5, 5.41) is 14.4. The first-order valence-corrected chi connectivity index (χ1v) is 9.70. The number of aliphatic hydroxyl groups is 1. The minimum Gasteiger partial charge on any atom is -0.497 e. The van der Waals surface area contributed by atoms with Gasteiger partial charge in [-0.25, -0.2) is 0 Å². The van der Waals surface area contributed by atoms with Gasteiger partial charge in [0, 0.05) is 17.2 Å². The van der Waals surface area contributed by atoms with Crippen molar-refractivity contribution in [2.75, 3.05) is 21.3 Å². The van der Waals surface area contributed by atoms with Crippen LogP contribution in [-0.2, 0) is 5.60 Å². The highest BCUT2D eigenvalue weighted by Crippen LogP contribution is 2.48. The molecule has 0 aliphatic carbocycles. The Morgan fingerprint density at radius 3 is 2.07 bits per heavy atom. The molecule has 4 aromatic rings. The zero-order chi connectivity index (χ0) is 21.1. The fourth-order valence-corrected chi connectivity index (χ4v) is 4.01. The Kier molecular flexibility index (Phi) is 5.34. The van der Waals surface area contributed by atoms with Gasteiger partial charge in [-0.1, -0.05) is 60.7 Å². The monoisotopic (exact) mass is 400 g/mol. The predicted molar refractivity (Wildman–Crippen MR) is 119 cm³/mol. The lowest BCUT2D eigenvalue weighted by Crippen LogP contribution is -2.30. The van der Waals surface area contributed by atoms with Gasteiger partial charge < -0.3 is 19.3 Å². The molecular weight excluding hydrogens is 376 g/mol. The molecule has 0 saturated heterocycles. The molecule has 0 unspecified atom stereocenters. The predicted octanol–water partition coefficient (Wildman–Crippen LogP) is 5.15. The molecule has 1 atom stereocenters. The average Bonchev–Trinajstić information content (AvgIpc) is 2.82. The molecule has 0 aliphatic heterocycles. The third-order valence-electron chi connectivity index (χ3n) is 5.46. The maximum absolute atomic E-state index is 12.5. The molecule has 0 aliphatic rings. The normalized spacial score (nSPS) is 12.9. The average molecular weight is 400 g/mol. The zero-order valence-electron chi connectivity index (χ0n) is 17.3. The summed E-state index contributed by atoms with van der Waals surface area (Å²) in [5.41, 5.74) is 0.456. The van der Waals surface area contributed by atoms with E-state index in [-0.39, 0.29) is 0 Å². The highest BCUT2D eigenvalue weighted by atomic mass is 16.5. The third kappa shape index (κ3) is 3.15. The van der Waals surface area contributed by atoms with Gasteiger partial charge in [0.1, 0.15) is 22.8 Å². The Morgan fingerprint density at radius 2 is 1.37 bits per heavy atom. The highest BCUT2D eigenvalue weighted by molar-refractivity contribution is 5.90. The molecule has 152 valence electrons. The van der Waals surface area contributed by atoms with E-state index < -0.39 is 5.60 Å². The fraction of sp³-hybridized carbons (Fsp3) is 0.154. The standard InChI is InChI=1S/C26H24O4/c1-28-20-14-15-22(24(17-20)30-3)26(27,19-10-5-4-6-11-19)25-21-12-8-7-9-18(21)13-16-23(25)29-2/h4-17,27H,1-3H3/t26-/m0/s1. The lowest BCUT2D eigenvalue weighted by Gasteiger charge is -2.33. The number of ether oxygens (including phenoxy) is 3. The second kappa shape index (κ2) is 8.09. The Labute approximate surface area is 176 Å². The first kappa shape index (κ1) is 19.8. The van der Waals surface area contributed by atoms with E-state index in [1.807, 2.05) is 78.9 Å².